The highest BCUT2D eigenvalue weighted by Crippen LogP contribution is 2.35. The molecule has 2 N–H and O–H groups in total. The third-order valence-corrected chi connectivity index (χ3v) is 9.11. The number of imidazole rings is 2. The number of nitrogens with zero attached hydrogens (tertiary/aromatic N) is 5. The average molecular weight is 676 g/mol. The molecule has 0 aliphatic carbocycles. The van der Waals surface area contributed by atoms with Crippen LogP contribution < -0.4 is 0 Å². The molecule has 0 bridgehead atoms. The zero-order chi connectivity index (χ0) is 35.2. The predicted molar refractivity (Wildman–Crippen MR) is 192 cm³/mol. The lowest BCUT2D eigenvalue weighted by molar-refractivity contribution is 0.0208. The first-order valence-corrected chi connectivity index (χ1v) is 17.4. The molecule has 5 aromatic rings. The number of aromatic nitrogens is 5. The van der Waals surface area contributed by atoms with Gasteiger partial charge in [0, 0.05) is 30.2 Å². The van der Waals surface area contributed by atoms with Crippen LogP contribution in [0.1, 0.15) is 91.0 Å². The van der Waals surface area contributed by atoms with Crippen LogP contribution in [-0.2, 0) is 9.47 Å². The Morgan fingerprint density at radius 1 is 0.640 bits per heavy atom. The van der Waals surface area contributed by atoms with E-state index in [4.69, 9.17) is 14.5 Å². The molecule has 2 amide bonds. The van der Waals surface area contributed by atoms with Crippen molar-refractivity contribution in [1.29, 1.82) is 0 Å². The van der Waals surface area contributed by atoms with Gasteiger partial charge < -0.3 is 19.4 Å². The van der Waals surface area contributed by atoms with E-state index in [2.05, 4.69) is 68.5 Å². The monoisotopic (exact) mass is 675 g/mol. The van der Waals surface area contributed by atoms with Crippen molar-refractivity contribution in [1.82, 2.24) is 34.7 Å². The molecule has 7 rings (SSSR count). The minimum atomic E-state index is -0.548. The van der Waals surface area contributed by atoms with E-state index >= 15 is 0 Å². The summed E-state index contributed by atoms with van der Waals surface area (Å²) >= 11 is 0. The first kappa shape index (κ1) is 33.3. The van der Waals surface area contributed by atoms with Crippen molar-refractivity contribution in [2.75, 3.05) is 13.1 Å². The first-order valence-electron chi connectivity index (χ1n) is 17.4. The van der Waals surface area contributed by atoms with Gasteiger partial charge in [0.05, 0.1) is 41.4 Å². The number of benzene rings is 2. The third-order valence-electron chi connectivity index (χ3n) is 9.11. The Kier molecular flexibility index (Phi) is 8.61. The normalized spacial score (nSPS) is 18.2. The SMILES string of the molecule is CC(C)(C)OC(=O)N1CCC[C@H]1c1ncc(-c2ccc(-c3ccc4cc(-c5cnc([C@@H]6CCCN6C(=O)OC(C)(C)C)[nH]5)cnc4c3)cc2)[nH]1. The summed E-state index contributed by atoms with van der Waals surface area (Å²) in [5.74, 6) is 1.54. The lowest BCUT2D eigenvalue weighted by atomic mass is 10.0. The molecule has 2 fully saturated rings. The number of likely N-dealkylation sites (tertiary alicyclic amines) is 2. The molecule has 11 heteroatoms. The van der Waals surface area contributed by atoms with Crippen molar-refractivity contribution in [3.63, 3.8) is 0 Å². The van der Waals surface area contributed by atoms with Crippen molar-refractivity contribution in [3.8, 4) is 33.6 Å². The number of carbonyl (C=O) groups excluding carboxylic acids is 2. The molecule has 0 radical (unpaired) electrons. The number of hydrogen-bond acceptors (Lipinski definition) is 7. The Morgan fingerprint density at radius 2 is 1.14 bits per heavy atom. The van der Waals surface area contributed by atoms with Crippen LogP contribution in [0.4, 0.5) is 9.59 Å². The molecule has 2 aromatic carbocycles. The molecule has 3 aromatic heterocycles. The number of aromatic amines is 2. The fourth-order valence-electron chi connectivity index (χ4n) is 6.78. The second-order valence-electron chi connectivity index (χ2n) is 15.2. The maximum absolute atomic E-state index is 12.8. The Balaban J connectivity index is 1.04. The van der Waals surface area contributed by atoms with Crippen LogP contribution in [0.5, 0.6) is 0 Å². The summed E-state index contributed by atoms with van der Waals surface area (Å²) in [5.41, 5.74) is 5.67. The van der Waals surface area contributed by atoms with E-state index in [-0.39, 0.29) is 24.3 Å². The summed E-state index contributed by atoms with van der Waals surface area (Å²) in [6.07, 6.45) is 8.40. The molecule has 0 saturated carbocycles. The highest BCUT2D eigenvalue weighted by molar-refractivity contribution is 5.87. The minimum absolute atomic E-state index is 0.124. The van der Waals surface area contributed by atoms with E-state index in [1.807, 2.05) is 60.1 Å². The number of amides is 2. The van der Waals surface area contributed by atoms with Gasteiger partial charge in [0.1, 0.15) is 22.9 Å². The van der Waals surface area contributed by atoms with Crippen LogP contribution in [0.25, 0.3) is 44.5 Å². The largest absolute Gasteiger partial charge is 0.444 e. The van der Waals surface area contributed by atoms with E-state index in [0.717, 1.165) is 81.9 Å². The highest BCUT2D eigenvalue weighted by Gasteiger charge is 2.36. The van der Waals surface area contributed by atoms with Gasteiger partial charge in [-0.3, -0.25) is 14.8 Å². The van der Waals surface area contributed by atoms with E-state index < -0.39 is 11.2 Å². The van der Waals surface area contributed by atoms with Crippen molar-refractivity contribution < 1.29 is 19.1 Å². The van der Waals surface area contributed by atoms with Crippen LogP contribution in [0.15, 0.2) is 67.1 Å². The van der Waals surface area contributed by atoms with Gasteiger partial charge in [-0.05, 0) is 96.0 Å². The molecule has 0 unspecified atom stereocenters. The molecule has 5 heterocycles. The van der Waals surface area contributed by atoms with Crippen molar-refractivity contribution in [2.45, 2.75) is 90.5 Å². The van der Waals surface area contributed by atoms with E-state index in [9.17, 15) is 9.59 Å². The molecular formula is C39H45N7O4. The standard InChI is InChI=1S/C39H45N7O4/c1-38(2,3)49-36(47)45-17-7-9-32(45)34-41-22-30(43-34)25-13-11-24(12-14-25)26-15-16-27-19-28(21-40-29(27)20-26)31-23-42-35(44-31)33-10-8-18-46(33)37(48)50-39(4,5)6/h11-16,19-23,32-33H,7-10,17-18H2,1-6H3,(H,41,43)(H,42,44)/t32-,33-/m0/s1. The van der Waals surface area contributed by atoms with Crippen LogP contribution >= 0.6 is 0 Å². The second-order valence-corrected chi connectivity index (χ2v) is 15.2. The zero-order valence-electron chi connectivity index (χ0n) is 29.6. The van der Waals surface area contributed by atoms with Gasteiger partial charge in [0.25, 0.3) is 0 Å². The summed E-state index contributed by atoms with van der Waals surface area (Å²) in [6.45, 7) is 12.6. The first-order chi connectivity index (χ1) is 23.8. The van der Waals surface area contributed by atoms with Crippen LogP contribution in [0, 0.1) is 0 Å². The van der Waals surface area contributed by atoms with Gasteiger partial charge in [0.2, 0.25) is 0 Å². The smallest absolute Gasteiger partial charge is 0.410 e. The van der Waals surface area contributed by atoms with E-state index in [0.29, 0.717) is 13.1 Å². The van der Waals surface area contributed by atoms with Gasteiger partial charge in [0.15, 0.2) is 0 Å². The fourth-order valence-corrected chi connectivity index (χ4v) is 6.78. The van der Waals surface area contributed by atoms with Crippen molar-refractivity contribution in [2.24, 2.45) is 0 Å². The molecule has 50 heavy (non-hydrogen) atoms. The third kappa shape index (κ3) is 7.08. The topological polar surface area (TPSA) is 129 Å². The summed E-state index contributed by atoms with van der Waals surface area (Å²) < 4.78 is 11.3. The summed E-state index contributed by atoms with van der Waals surface area (Å²) in [6, 6.07) is 16.5. The molecule has 11 nitrogen and oxygen atoms in total. The lowest BCUT2D eigenvalue weighted by Crippen LogP contribution is -2.36. The molecule has 2 atom stereocenters. The Morgan fingerprint density at radius 3 is 1.68 bits per heavy atom. The Hall–Kier alpha value is -5.19. The number of H-pyrrole nitrogens is 2. The number of nitrogens with one attached hydrogen (secondary N) is 2. The summed E-state index contributed by atoms with van der Waals surface area (Å²) in [5, 5.41) is 1.02. The molecule has 260 valence electrons. The summed E-state index contributed by atoms with van der Waals surface area (Å²) in [7, 11) is 0. The number of hydrogen-bond donors (Lipinski definition) is 2. The van der Waals surface area contributed by atoms with Gasteiger partial charge in [-0.2, -0.15) is 0 Å². The fraction of sp³-hybridized carbons (Fsp3) is 0.410. The van der Waals surface area contributed by atoms with Gasteiger partial charge in [-0.25, -0.2) is 19.6 Å². The van der Waals surface area contributed by atoms with Crippen LogP contribution in [0.3, 0.4) is 0 Å². The van der Waals surface area contributed by atoms with Crippen LogP contribution in [0.2, 0.25) is 0 Å². The number of rotatable bonds is 5. The molecule has 2 aliphatic rings. The highest BCUT2D eigenvalue weighted by atomic mass is 16.6. The molecular weight excluding hydrogens is 630 g/mol. The number of pyridine rings is 1. The Bertz CT molecular complexity index is 2020. The number of fused-ring (bicyclic) bond motifs is 1. The molecule has 0 spiro atoms. The second kappa shape index (κ2) is 12.9. The van der Waals surface area contributed by atoms with Gasteiger partial charge in [-0.15, -0.1) is 0 Å². The molecule has 2 aliphatic heterocycles. The van der Waals surface area contributed by atoms with Gasteiger partial charge >= 0.3 is 12.2 Å². The number of carbonyl (C=O) groups is 2. The van der Waals surface area contributed by atoms with E-state index in [1.165, 1.54) is 0 Å². The van der Waals surface area contributed by atoms with Gasteiger partial charge in [-0.1, -0.05) is 36.4 Å². The quantitative estimate of drug-likeness (QED) is 0.190. The zero-order valence-corrected chi connectivity index (χ0v) is 29.6. The molecule has 2 saturated heterocycles. The number of ether oxygens (including phenoxy) is 2. The van der Waals surface area contributed by atoms with Crippen molar-refractivity contribution >= 4 is 23.1 Å². The summed E-state index contributed by atoms with van der Waals surface area (Å²) in [4.78, 5) is 50.2. The van der Waals surface area contributed by atoms with Crippen molar-refractivity contribution in [3.05, 3.63) is 78.8 Å². The lowest BCUT2D eigenvalue weighted by Gasteiger charge is -2.27. The average Bonchev–Trinajstić information content (AvgIpc) is 3.88. The van der Waals surface area contributed by atoms with Crippen LogP contribution in [-0.4, -0.2) is 71.2 Å². The maximum atomic E-state index is 12.8. The maximum Gasteiger partial charge on any atom is 0.410 e. The Labute approximate surface area is 292 Å². The van der Waals surface area contributed by atoms with E-state index in [1.54, 1.807) is 9.80 Å². The predicted octanol–water partition coefficient (Wildman–Crippen LogP) is 8.83. The minimum Gasteiger partial charge on any atom is -0.444 e.